The van der Waals surface area contributed by atoms with E-state index >= 15 is 0 Å². The van der Waals surface area contributed by atoms with Gasteiger partial charge in [-0.05, 0) is 29.3 Å². The molecule has 0 spiro atoms. The van der Waals surface area contributed by atoms with E-state index in [0.29, 0.717) is 13.1 Å². The highest BCUT2D eigenvalue weighted by molar-refractivity contribution is 5.94. The molecule has 0 radical (unpaired) electrons. The fourth-order valence-electron chi connectivity index (χ4n) is 3.79. The molecule has 156 valence electrons. The zero-order valence-corrected chi connectivity index (χ0v) is 17.7. The van der Waals surface area contributed by atoms with Gasteiger partial charge in [-0.15, -0.1) is 12.4 Å². The van der Waals surface area contributed by atoms with Crippen LogP contribution in [0.5, 0.6) is 0 Å². The molecule has 1 aliphatic rings. The predicted octanol–water partition coefficient (Wildman–Crippen LogP) is 3.68. The summed E-state index contributed by atoms with van der Waals surface area (Å²) < 4.78 is 0. The van der Waals surface area contributed by atoms with E-state index in [4.69, 9.17) is 0 Å². The van der Waals surface area contributed by atoms with Crippen LogP contribution in [0.4, 0.5) is 5.69 Å². The van der Waals surface area contributed by atoms with E-state index in [1.165, 1.54) is 0 Å². The first-order chi connectivity index (χ1) is 14.3. The van der Waals surface area contributed by atoms with Crippen molar-refractivity contribution in [3.05, 3.63) is 96.3 Å². The van der Waals surface area contributed by atoms with Gasteiger partial charge in [0.05, 0.1) is 13.1 Å². The highest BCUT2D eigenvalue weighted by Gasteiger charge is 2.28. The van der Waals surface area contributed by atoms with Crippen LogP contribution >= 0.6 is 12.4 Å². The summed E-state index contributed by atoms with van der Waals surface area (Å²) in [6.45, 7) is 3.48. The molecule has 2 heterocycles. The molecule has 1 saturated heterocycles. The number of anilines is 1. The lowest BCUT2D eigenvalue weighted by Crippen LogP contribution is -2.50. The van der Waals surface area contributed by atoms with Crippen LogP contribution in [0.25, 0.3) is 0 Å². The van der Waals surface area contributed by atoms with E-state index in [2.05, 4.69) is 33.4 Å². The number of rotatable bonds is 6. The SMILES string of the molecule is Cl.O=C(CN1CCNCC1c1cccnc1)N(Cc1ccccc1)c1ccccc1. The van der Waals surface area contributed by atoms with Crippen LogP contribution < -0.4 is 10.2 Å². The molecule has 5 nitrogen and oxygen atoms in total. The van der Waals surface area contributed by atoms with Crippen molar-refractivity contribution in [3.8, 4) is 0 Å². The Bertz CT molecular complexity index is 908. The molecule has 4 rings (SSSR count). The molecule has 1 unspecified atom stereocenters. The van der Waals surface area contributed by atoms with Gasteiger partial charge >= 0.3 is 0 Å². The lowest BCUT2D eigenvalue weighted by molar-refractivity contribution is -0.120. The highest BCUT2D eigenvalue weighted by Crippen LogP contribution is 2.23. The first-order valence-corrected chi connectivity index (χ1v) is 10.1. The molecular formula is C24H27ClN4O. The fourth-order valence-corrected chi connectivity index (χ4v) is 3.79. The Kier molecular flexibility index (Phi) is 7.97. The van der Waals surface area contributed by atoms with Gasteiger partial charge in [0.15, 0.2) is 0 Å². The van der Waals surface area contributed by atoms with E-state index in [1.807, 2.05) is 65.7 Å². The van der Waals surface area contributed by atoms with Gasteiger partial charge in [0.25, 0.3) is 0 Å². The molecule has 1 amide bonds. The Labute approximate surface area is 184 Å². The molecule has 1 fully saturated rings. The summed E-state index contributed by atoms with van der Waals surface area (Å²) >= 11 is 0. The quantitative estimate of drug-likeness (QED) is 0.658. The number of pyridine rings is 1. The number of nitrogens with one attached hydrogen (secondary N) is 1. The standard InChI is InChI=1S/C24H26N4O.ClH/c29-24(19-27-15-14-26-17-23(27)21-10-7-13-25-16-21)28(22-11-5-2-6-12-22)18-20-8-3-1-4-9-20;/h1-13,16,23,26H,14-15,17-19H2;1H. The van der Waals surface area contributed by atoms with Gasteiger partial charge < -0.3 is 10.2 Å². The van der Waals surface area contributed by atoms with Crippen LogP contribution in [0.3, 0.4) is 0 Å². The maximum Gasteiger partial charge on any atom is 0.241 e. The molecule has 1 aliphatic heterocycles. The van der Waals surface area contributed by atoms with Gasteiger partial charge in [-0.3, -0.25) is 14.7 Å². The van der Waals surface area contributed by atoms with Crippen molar-refractivity contribution in [1.82, 2.24) is 15.2 Å². The molecule has 0 saturated carbocycles. The maximum absolute atomic E-state index is 13.4. The van der Waals surface area contributed by atoms with Gasteiger partial charge in [0, 0.05) is 43.8 Å². The van der Waals surface area contributed by atoms with Crippen molar-refractivity contribution in [1.29, 1.82) is 0 Å². The van der Waals surface area contributed by atoms with Crippen molar-refractivity contribution >= 4 is 24.0 Å². The first kappa shape index (κ1) is 22.0. The smallest absolute Gasteiger partial charge is 0.241 e. The second-order valence-electron chi connectivity index (χ2n) is 7.28. The summed E-state index contributed by atoms with van der Waals surface area (Å²) in [6.07, 6.45) is 3.68. The third-order valence-corrected chi connectivity index (χ3v) is 5.31. The average molecular weight is 423 g/mol. The monoisotopic (exact) mass is 422 g/mol. The molecule has 0 aliphatic carbocycles. The fraction of sp³-hybridized carbons (Fsp3) is 0.250. The number of nitrogens with zero attached hydrogens (tertiary/aromatic N) is 3. The lowest BCUT2D eigenvalue weighted by Gasteiger charge is -2.37. The molecule has 30 heavy (non-hydrogen) atoms. The molecule has 3 aromatic rings. The van der Waals surface area contributed by atoms with Gasteiger partial charge in [0.2, 0.25) is 5.91 Å². The largest absolute Gasteiger partial charge is 0.314 e. The van der Waals surface area contributed by atoms with E-state index in [9.17, 15) is 4.79 Å². The van der Waals surface area contributed by atoms with Crippen molar-refractivity contribution in [3.63, 3.8) is 0 Å². The number of carbonyl (C=O) groups excluding carboxylic acids is 1. The van der Waals surface area contributed by atoms with Gasteiger partial charge in [0.1, 0.15) is 0 Å². The van der Waals surface area contributed by atoms with Crippen molar-refractivity contribution in [2.45, 2.75) is 12.6 Å². The van der Waals surface area contributed by atoms with Crippen LogP contribution in [0.2, 0.25) is 0 Å². The Hall–Kier alpha value is -2.73. The molecule has 2 aromatic carbocycles. The average Bonchev–Trinajstić information content (AvgIpc) is 2.79. The van der Waals surface area contributed by atoms with Crippen LogP contribution in [-0.4, -0.2) is 42.0 Å². The van der Waals surface area contributed by atoms with Crippen molar-refractivity contribution in [2.24, 2.45) is 0 Å². The number of amides is 1. The summed E-state index contributed by atoms with van der Waals surface area (Å²) in [5.74, 6) is 0.107. The number of aromatic nitrogens is 1. The first-order valence-electron chi connectivity index (χ1n) is 10.1. The Morgan fingerprint density at radius 2 is 1.77 bits per heavy atom. The van der Waals surface area contributed by atoms with Crippen LogP contribution in [0.1, 0.15) is 17.2 Å². The number of hydrogen-bond donors (Lipinski definition) is 1. The molecule has 1 aromatic heterocycles. The lowest BCUT2D eigenvalue weighted by atomic mass is 10.1. The molecule has 6 heteroatoms. The molecule has 1 N–H and O–H groups in total. The zero-order valence-electron chi connectivity index (χ0n) is 16.9. The Morgan fingerprint density at radius 3 is 2.47 bits per heavy atom. The third kappa shape index (κ3) is 5.45. The molecular weight excluding hydrogens is 396 g/mol. The second kappa shape index (κ2) is 10.9. The number of halogens is 1. The minimum absolute atomic E-state index is 0. The third-order valence-electron chi connectivity index (χ3n) is 5.31. The van der Waals surface area contributed by atoms with Crippen LogP contribution in [0.15, 0.2) is 85.2 Å². The summed E-state index contributed by atoms with van der Waals surface area (Å²) in [5.41, 5.74) is 3.19. The van der Waals surface area contributed by atoms with Gasteiger partial charge in [-0.1, -0.05) is 54.6 Å². The van der Waals surface area contributed by atoms with E-state index in [0.717, 1.165) is 36.4 Å². The van der Waals surface area contributed by atoms with Crippen LogP contribution in [0, 0.1) is 0 Å². The topological polar surface area (TPSA) is 48.5 Å². The number of hydrogen-bond acceptors (Lipinski definition) is 4. The van der Waals surface area contributed by atoms with Crippen LogP contribution in [-0.2, 0) is 11.3 Å². The summed E-state index contributed by atoms with van der Waals surface area (Å²) in [6, 6.07) is 24.3. The minimum Gasteiger partial charge on any atom is -0.314 e. The summed E-state index contributed by atoms with van der Waals surface area (Å²) in [4.78, 5) is 21.9. The van der Waals surface area contributed by atoms with Gasteiger partial charge in [-0.2, -0.15) is 0 Å². The Morgan fingerprint density at radius 1 is 1.03 bits per heavy atom. The Balaban J connectivity index is 0.00000256. The summed E-state index contributed by atoms with van der Waals surface area (Å²) in [5, 5.41) is 3.44. The van der Waals surface area contributed by atoms with E-state index < -0.39 is 0 Å². The normalized spacial score (nSPS) is 16.5. The number of para-hydroxylation sites is 1. The van der Waals surface area contributed by atoms with Crippen molar-refractivity contribution < 1.29 is 4.79 Å². The van der Waals surface area contributed by atoms with Gasteiger partial charge in [-0.25, -0.2) is 0 Å². The second-order valence-corrected chi connectivity index (χ2v) is 7.28. The van der Waals surface area contributed by atoms with E-state index in [-0.39, 0.29) is 24.4 Å². The number of piperazine rings is 1. The van der Waals surface area contributed by atoms with Crippen molar-refractivity contribution in [2.75, 3.05) is 31.1 Å². The summed E-state index contributed by atoms with van der Waals surface area (Å²) in [7, 11) is 0. The highest BCUT2D eigenvalue weighted by atomic mass is 35.5. The number of benzene rings is 2. The number of carbonyl (C=O) groups is 1. The molecule has 1 atom stereocenters. The molecule has 0 bridgehead atoms. The minimum atomic E-state index is 0. The van der Waals surface area contributed by atoms with E-state index in [1.54, 1.807) is 6.20 Å². The zero-order chi connectivity index (χ0) is 19.9. The predicted molar refractivity (Wildman–Crippen MR) is 123 cm³/mol. The maximum atomic E-state index is 13.4.